The molecule has 0 aliphatic rings. The lowest BCUT2D eigenvalue weighted by Gasteiger charge is -2.15. The Hall–Kier alpha value is -3.57. The zero-order valence-electron chi connectivity index (χ0n) is 17.8. The van der Waals surface area contributed by atoms with Crippen LogP contribution in [0.5, 0.6) is 23.0 Å². The molecule has 160 valence electrons. The first kappa shape index (κ1) is 21.7. The van der Waals surface area contributed by atoms with E-state index in [-0.39, 0.29) is 5.91 Å². The van der Waals surface area contributed by atoms with E-state index >= 15 is 0 Å². The number of nitrogens with one attached hydrogen (secondary N) is 1. The molecule has 4 aromatic carbocycles. The molecule has 0 spiro atoms. The molecule has 1 N–H and O–H groups in total. The minimum absolute atomic E-state index is 0.215. The number of hydrogen-bond acceptors (Lipinski definition) is 3. The summed E-state index contributed by atoms with van der Waals surface area (Å²) in [6.45, 7) is 3.97. The van der Waals surface area contributed by atoms with Crippen molar-refractivity contribution >= 4 is 27.5 Å². The van der Waals surface area contributed by atoms with E-state index in [1.54, 1.807) is 24.3 Å². The Balaban J connectivity index is 1.66. The summed E-state index contributed by atoms with van der Waals surface area (Å²) < 4.78 is 13.2. The van der Waals surface area contributed by atoms with Crippen molar-refractivity contribution in [3.05, 3.63) is 112 Å². The van der Waals surface area contributed by atoms with Crippen molar-refractivity contribution in [3.8, 4) is 23.0 Å². The summed E-state index contributed by atoms with van der Waals surface area (Å²) in [7, 11) is 0. The first-order chi connectivity index (χ1) is 15.5. The SMILES string of the molecule is Cc1ccccc1Oc1cc(NC(=O)c2ccc(Br)cc2)cc(Oc2ccccc2C)c1. The molecule has 0 atom stereocenters. The van der Waals surface area contributed by atoms with E-state index in [1.807, 2.05) is 80.6 Å². The maximum absolute atomic E-state index is 12.8. The Bertz CT molecular complexity index is 1190. The molecule has 0 heterocycles. The predicted octanol–water partition coefficient (Wildman–Crippen LogP) is 7.90. The van der Waals surface area contributed by atoms with Gasteiger partial charge in [0.1, 0.15) is 23.0 Å². The van der Waals surface area contributed by atoms with Gasteiger partial charge >= 0.3 is 0 Å². The zero-order valence-corrected chi connectivity index (χ0v) is 19.3. The molecular formula is C27H22BrNO3. The predicted molar refractivity (Wildman–Crippen MR) is 131 cm³/mol. The lowest BCUT2D eigenvalue weighted by atomic mass is 10.2. The second-order valence-electron chi connectivity index (χ2n) is 7.39. The molecular weight excluding hydrogens is 466 g/mol. The van der Waals surface area contributed by atoms with E-state index in [4.69, 9.17) is 9.47 Å². The smallest absolute Gasteiger partial charge is 0.255 e. The lowest BCUT2D eigenvalue weighted by Crippen LogP contribution is -2.11. The van der Waals surface area contributed by atoms with Gasteiger partial charge in [-0.25, -0.2) is 0 Å². The van der Waals surface area contributed by atoms with Crippen LogP contribution in [0, 0.1) is 13.8 Å². The molecule has 0 radical (unpaired) electrons. The maximum Gasteiger partial charge on any atom is 0.255 e. The average Bonchev–Trinajstić information content (AvgIpc) is 2.77. The molecule has 4 aromatic rings. The third-order valence-electron chi connectivity index (χ3n) is 4.89. The summed E-state index contributed by atoms with van der Waals surface area (Å²) in [5, 5.41) is 2.95. The topological polar surface area (TPSA) is 47.6 Å². The maximum atomic E-state index is 12.8. The number of aryl methyl sites for hydroxylation is 2. The minimum atomic E-state index is -0.215. The summed E-state index contributed by atoms with van der Waals surface area (Å²) in [4.78, 5) is 12.8. The van der Waals surface area contributed by atoms with Crippen LogP contribution in [-0.4, -0.2) is 5.91 Å². The number of amides is 1. The Labute approximate surface area is 196 Å². The van der Waals surface area contributed by atoms with Crippen molar-refractivity contribution in [3.63, 3.8) is 0 Å². The summed E-state index contributed by atoms with van der Waals surface area (Å²) in [5.41, 5.74) is 3.16. The highest BCUT2D eigenvalue weighted by Crippen LogP contribution is 2.34. The first-order valence-corrected chi connectivity index (χ1v) is 11.0. The number of para-hydroxylation sites is 2. The van der Waals surface area contributed by atoms with Gasteiger partial charge in [0.2, 0.25) is 0 Å². The number of halogens is 1. The Morgan fingerprint density at radius 3 is 1.72 bits per heavy atom. The number of carbonyl (C=O) groups is 1. The van der Waals surface area contributed by atoms with Gasteiger partial charge < -0.3 is 14.8 Å². The van der Waals surface area contributed by atoms with Crippen molar-refractivity contribution in [2.24, 2.45) is 0 Å². The third-order valence-corrected chi connectivity index (χ3v) is 5.42. The van der Waals surface area contributed by atoms with Crippen LogP contribution in [0.3, 0.4) is 0 Å². The van der Waals surface area contributed by atoms with E-state index in [1.165, 1.54) is 0 Å². The monoisotopic (exact) mass is 487 g/mol. The third kappa shape index (κ3) is 5.37. The Morgan fingerprint density at radius 2 is 1.22 bits per heavy atom. The summed E-state index contributed by atoms with van der Waals surface area (Å²) >= 11 is 3.39. The van der Waals surface area contributed by atoms with Crippen LogP contribution >= 0.6 is 15.9 Å². The molecule has 0 aliphatic heterocycles. The van der Waals surface area contributed by atoms with Crippen molar-refractivity contribution in [2.75, 3.05) is 5.32 Å². The number of carbonyl (C=O) groups excluding carboxylic acids is 1. The molecule has 5 heteroatoms. The van der Waals surface area contributed by atoms with Crippen molar-refractivity contribution < 1.29 is 14.3 Å². The highest BCUT2D eigenvalue weighted by atomic mass is 79.9. The summed E-state index contributed by atoms with van der Waals surface area (Å²) in [5.74, 6) is 2.40. The highest BCUT2D eigenvalue weighted by molar-refractivity contribution is 9.10. The van der Waals surface area contributed by atoms with E-state index < -0.39 is 0 Å². The molecule has 4 rings (SSSR count). The van der Waals surface area contributed by atoms with Crippen LogP contribution in [0.1, 0.15) is 21.5 Å². The quantitative estimate of drug-likeness (QED) is 0.300. The molecule has 0 fully saturated rings. The average molecular weight is 488 g/mol. The van der Waals surface area contributed by atoms with Gasteiger partial charge in [0, 0.05) is 33.9 Å². The Morgan fingerprint density at radius 1 is 0.719 bits per heavy atom. The van der Waals surface area contributed by atoms with Crippen LogP contribution in [-0.2, 0) is 0 Å². The standard InChI is InChI=1S/C27H22BrNO3/c1-18-7-3-5-9-25(18)31-23-15-22(29-27(30)20-11-13-21(28)14-12-20)16-24(17-23)32-26-10-6-4-8-19(26)2/h3-17H,1-2H3,(H,29,30). The van der Waals surface area contributed by atoms with Crippen molar-refractivity contribution in [2.45, 2.75) is 13.8 Å². The van der Waals surface area contributed by atoms with Gasteiger partial charge in [-0.2, -0.15) is 0 Å². The number of anilines is 1. The van der Waals surface area contributed by atoms with Crippen LogP contribution in [0.15, 0.2) is 95.5 Å². The van der Waals surface area contributed by atoms with Crippen LogP contribution in [0.25, 0.3) is 0 Å². The summed E-state index contributed by atoms with van der Waals surface area (Å²) in [6.07, 6.45) is 0. The molecule has 0 aliphatic carbocycles. The fraction of sp³-hybridized carbons (Fsp3) is 0.0741. The minimum Gasteiger partial charge on any atom is -0.457 e. The fourth-order valence-electron chi connectivity index (χ4n) is 3.16. The van der Waals surface area contributed by atoms with Crippen LogP contribution in [0.2, 0.25) is 0 Å². The van der Waals surface area contributed by atoms with Gasteiger partial charge in [0.25, 0.3) is 5.91 Å². The van der Waals surface area contributed by atoms with Gasteiger partial charge in [-0.15, -0.1) is 0 Å². The summed E-state index contributed by atoms with van der Waals surface area (Å²) in [6, 6.07) is 28.1. The van der Waals surface area contributed by atoms with Crippen molar-refractivity contribution in [1.82, 2.24) is 0 Å². The fourth-order valence-corrected chi connectivity index (χ4v) is 3.43. The number of rotatable bonds is 6. The van der Waals surface area contributed by atoms with Gasteiger partial charge in [0.05, 0.1) is 0 Å². The van der Waals surface area contributed by atoms with Gasteiger partial charge in [-0.3, -0.25) is 4.79 Å². The van der Waals surface area contributed by atoms with Gasteiger partial charge in [-0.1, -0.05) is 52.3 Å². The number of hydrogen-bond donors (Lipinski definition) is 1. The Kier molecular flexibility index (Phi) is 6.57. The second kappa shape index (κ2) is 9.71. The first-order valence-electron chi connectivity index (χ1n) is 10.2. The van der Waals surface area contributed by atoms with Gasteiger partial charge in [0.15, 0.2) is 0 Å². The zero-order chi connectivity index (χ0) is 22.5. The van der Waals surface area contributed by atoms with E-state index in [9.17, 15) is 4.79 Å². The number of benzene rings is 4. The molecule has 0 saturated heterocycles. The largest absolute Gasteiger partial charge is 0.457 e. The molecule has 32 heavy (non-hydrogen) atoms. The molecule has 0 bridgehead atoms. The van der Waals surface area contributed by atoms with E-state index in [0.717, 1.165) is 27.1 Å². The van der Waals surface area contributed by atoms with Crippen molar-refractivity contribution in [1.29, 1.82) is 0 Å². The van der Waals surface area contributed by atoms with Crippen LogP contribution in [0.4, 0.5) is 5.69 Å². The highest BCUT2D eigenvalue weighted by Gasteiger charge is 2.11. The molecule has 0 aromatic heterocycles. The lowest BCUT2D eigenvalue weighted by molar-refractivity contribution is 0.102. The van der Waals surface area contributed by atoms with E-state index in [0.29, 0.717) is 22.7 Å². The van der Waals surface area contributed by atoms with Gasteiger partial charge in [-0.05, 0) is 61.4 Å². The van der Waals surface area contributed by atoms with E-state index in [2.05, 4.69) is 21.2 Å². The number of ether oxygens (including phenoxy) is 2. The molecule has 1 amide bonds. The molecule has 0 saturated carbocycles. The van der Waals surface area contributed by atoms with Crippen LogP contribution < -0.4 is 14.8 Å². The molecule has 4 nitrogen and oxygen atoms in total. The second-order valence-corrected chi connectivity index (χ2v) is 8.30. The molecule has 0 unspecified atom stereocenters. The normalized spacial score (nSPS) is 10.5.